The Labute approximate surface area is 123 Å². The van der Waals surface area contributed by atoms with Crippen molar-refractivity contribution in [3.05, 3.63) is 49.1 Å². The van der Waals surface area contributed by atoms with E-state index in [1.165, 1.54) is 11.3 Å². The molecule has 0 bridgehead atoms. The normalized spacial score (nSPS) is 10.4. The molecule has 0 saturated carbocycles. The summed E-state index contributed by atoms with van der Waals surface area (Å²) in [6.07, 6.45) is 0. The lowest BCUT2D eigenvalue weighted by Crippen LogP contribution is -2.00. The van der Waals surface area contributed by atoms with E-state index in [0.29, 0.717) is 21.2 Å². The minimum absolute atomic E-state index is 0.0681. The van der Waals surface area contributed by atoms with Gasteiger partial charge >= 0.3 is 0 Å². The molecule has 0 atom stereocenters. The van der Waals surface area contributed by atoms with Crippen LogP contribution < -0.4 is 4.74 Å². The summed E-state index contributed by atoms with van der Waals surface area (Å²) in [5, 5.41) is 2.42. The monoisotopic (exact) mass is 344 g/mol. The third kappa shape index (κ3) is 2.46. The van der Waals surface area contributed by atoms with Crippen LogP contribution in [0.1, 0.15) is 20.8 Å². The molecule has 2 aromatic rings. The number of aryl methyl sites for hydroxylation is 1. The van der Waals surface area contributed by atoms with E-state index in [1.807, 2.05) is 12.3 Å². The minimum Gasteiger partial charge on any atom is -0.496 e. The van der Waals surface area contributed by atoms with Gasteiger partial charge in [0.1, 0.15) is 5.75 Å². The second kappa shape index (κ2) is 5.43. The fourth-order valence-electron chi connectivity index (χ4n) is 1.52. The molecule has 0 aliphatic heterocycles. The molecule has 0 unspecified atom stereocenters. The molecular weight excluding hydrogens is 336 g/mol. The SMILES string of the molecule is COc1ccc(C(=O)c2scc(C)c2Cl)cc1Br. The van der Waals surface area contributed by atoms with Gasteiger partial charge in [0.2, 0.25) is 5.78 Å². The highest BCUT2D eigenvalue weighted by molar-refractivity contribution is 9.10. The van der Waals surface area contributed by atoms with Crippen LogP contribution in [-0.4, -0.2) is 12.9 Å². The third-order valence-electron chi connectivity index (χ3n) is 2.52. The van der Waals surface area contributed by atoms with Crippen molar-refractivity contribution in [1.82, 2.24) is 0 Å². The summed E-state index contributed by atoms with van der Waals surface area (Å²) in [7, 11) is 1.58. The first-order valence-corrected chi connectivity index (χ1v) is 7.21. The smallest absolute Gasteiger partial charge is 0.204 e. The van der Waals surface area contributed by atoms with Gasteiger partial charge in [-0.25, -0.2) is 0 Å². The topological polar surface area (TPSA) is 26.3 Å². The van der Waals surface area contributed by atoms with E-state index in [2.05, 4.69) is 15.9 Å². The van der Waals surface area contributed by atoms with Crippen LogP contribution in [0.15, 0.2) is 28.1 Å². The molecule has 0 radical (unpaired) electrons. The van der Waals surface area contributed by atoms with Gasteiger partial charge in [-0.2, -0.15) is 0 Å². The summed E-state index contributed by atoms with van der Waals surface area (Å²) >= 11 is 10.8. The Balaban J connectivity index is 2.40. The average molecular weight is 346 g/mol. The first-order valence-electron chi connectivity index (χ1n) is 5.16. The van der Waals surface area contributed by atoms with Crippen LogP contribution in [-0.2, 0) is 0 Å². The highest BCUT2D eigenvalue weighted by Gasteiger charge is 2.17. The van der Waals surface area contributed by atoms with Crippen LogP contribution in [0.25, 0.3) is 0 Å². The maximum absolute atomic E-state index is 12.3. The second-order valence-electron chi connectivity index (χ2n) is 3.74. The second-order valence-corrected chi connectivity index (χ2v) is 5.85. The molecule has 0 fully saturated rings. The summed E-state index contributed by atoms with van der Waals surface area (Å²) in [6, 6.07) is 5.23. The molecule has 2 rings (SSSR count). The van der Waals surface area contributed by atoms with E-state index in [1.54, 1.807) is 25.3 Å². The number of hydrogen-bond donors (Lipinski definition) is 0. The zero-order valence-electron chi connectivity index (χ0n) is 9.79. The molecule has 0 spiro atoms. The predicted octanol–water partition coefficient (Wildman–Crippen LogP) is 4.71. The maximum Gasteiger partial charge on any atom is 0.204 e. The number of ketones is 1. The number of ether oxygens (including phenoxy) is 1. The van der Waals surface area contributed by atoms with E-state index in [9.17, 15) is 4.79 Å². The van der Waals surface area contributed by atoms with Crippen LogP contribution in [0, 0.1) is 6.92 Å². The largest absolute Gasteiger partial charge is 0.496 e. The summed E-state index contributed by atoms with van der Waals surface area (Å²) in [6.45, 7) is 1.89. The van der Waals surface area contributed by atoms with Crippen molar-refractivity contribution in [2.45, 2.75) is 6.92 Å². The number of thiophene rings is 1. The molecule has 1 aromatic carbocycles. The minimum atomic E-state index is -0.0681. The van der Waals surface area contributed by atoms with Crippen molar-refractivity contribution < 1.29 is 9.53 Å². The van der Waals surface area contributed by atoms with Gasteiger partial charge in [-0.1, -0.05) is 11.6 Å². The van der Waals surface area contributed by atoms with E-state index in [-0.39, 0.29) is 5.78 Å². The van der Waals surface area contributed by atoms with E-state index < -0.39 is 0 Å². The average Bonchev–Trinajstić information content (AvgIpc) is 2.69. The zero-order chi connectivity index (χ0) is 13.3. The molecule has 1 aromatic heterocycles. The number of hydrogen-bond acceptors (Lipinski definition) is 3. The van der Waals surface area contributed by atoms with Crippen LogP contribution in [0.3, 0.4) is 0 Å². The Morgan fingerprint density at radius 1 is 1.44 bits per heavy atom. The highest BCUT2D eigenvalue weighted by atomic mass is 79.9. The van der Waals surface area contributed by atoms with E-state index in [4.69, 9.17) is 16.3 Å². The Morgan fingerprint density at radius 3 is 2.67 bits per heavy atom. The summed E-state index contributed by atoms with van der Waals surface area (Å²) in [5.74, 6) is 0.626. The lowest BCUT2D eigenvalue weighted by Gasteiger charge is -2.05. The summed E-state index contributed by atoms with van der Waals surface area (Å²) in [5.41, 5.74) is 1.52. The quantitative estimate of drug-likeness (QED) is 0.753. The summed E-state index contributed by atoms with van der Waals surface area (Å²) < 4.78 is 5.88. The maximum atomic E-state index is 12.3. The Kier molecular flexibility index (Phi) is 4.10. The lowest BCUT2D eigenvalue weighted by atomic mass is 10.1. The van der Waals surface area contributed by atoms with Gasteiger partial charge in [0.05, 0.1) is 21.5 Å². The van der Waals surface area contributed by atoms with Gasteiger partial charge in [-0.3, -0.25) is 4.79 Å². The van der Waals surface area contributed by atoms with Crippen LogP contribution >= 0.6 is 38.9 Å². The number of methoxy groups -OCH3 is 1. The molecule has 0 saturated heterocycles. The number of carbonyl (C=O) groups is 1. The number of benzene rings is 1. The van der Waals surface area contributed by atoms with Crippen molar-refractivity contribution in [2.24, 2.45) is 0 Å². The van der Waals surface area contributed by atoms with Crippen molar-refractivity contribution in [2.75, 3.05) is 7.11 Å². The molecule has 0 amide bonds. The molecule has 2 nitrogen and oxygen atoms in total. The van der Waals surface area contributed by atoms with Crippen molar-refractivity contribution >= 4 is 44.7 Å². The van der Waals surface area contributed by atoms with Crippen molar-refractivity contribution in [3.8, 4) is 5.75 Å². The molecule has 94 valence electrons. The fraction of sp³-hybridized carbons (Fsp3) is 0.154. The van der Waals surface area contributed by atoms with Crippen LogP contribution in [0.4, 0.5) is 0 Å². The molecule has 5 heteroatoms. The van der Waals surface area contributed by atoms with Crippen LogP contribution in [0.5, 0.6) is 5.75 Å². The zero-order valence-corrected chi connectivity index (χ0v) is 12.9. The standard InChI is InChI=1S/C13H10BrClO2S/c1-7-6-18-13(11(7)15)12(16)8-3-4-10(17-2)9(14)5-8/h3-6H,1-2H3. The van der Waals surface area contributed by atoms with Gasteiger partial charge in [-0.05, 0) is 52.0 Å². The van der Waals surface area contributed by atoms with Gasteiger partial charge < -0.3 is 4.74 Å². The van der Waals surface area contributed by atoms with Gasteiger partial charge in [0.15, 0.2) is 0 Å². The van der Waals surface area contributed by atoms with Crippen molar-refractivity contribution in [3.63, 3.8) is 0 Å². The van der Waals surface area contributed by atoms with Crippen LogP contribution in [0.2, 0.25) is 5.02 Å². The molecule has 1 heterocycles. The molecule has 0 N–H and O–H groups in total. The van der Waals surface area contributed by atoms with Gasteiger partial charge in [-0.15, -0.1) is 11.3 Å². The Bertz CT molecular complexity index is 607. The molecule has 0 aliphatic rings. The Morgan fingerprint density at radius 2 is 2.17 bits per heavy atom. The number of rotatable bonds is 3. The lowest BCUT2D eigenvalue weighted by molar-refractivity contribution is 0.104. The Hall–Kier alpha value is -0.840. The third-order valence-corrected chi connectivity index (χ3v) is 4.83. The highest BCUT2D eigenvalue weighted by Crippen LogP contribution is 2.31. The van der Waals surface area contributed by atoms with E-state index >= 15 is 0 Å². The molecule has 0 aliphatic carbocycles. The fourth-order valence-corrected chi connectivity index (χ4v) is 3.30. The van der Waals surface area contributed by atoms with Crippen molar-refractivity contribution in [1.29, 1.82) is 0 Å². The predicted molar refractivity (Wildman–Crippen MR) is 78.2 cm³/mol. The number of carbonyl (C=O) groups excluding carboxylic acids is 1. The van der Waals surface area contributed by atoms with Gasteiger partial charge in [0, 0.05) is 5.56 Å². The first kappa shape index (κ1) is 13.6. The molecular formula is C13H10BrClO2S. The molecule has 18 heavy (non-hydrogen) atoms. The number of halogens is 2. The van der Waals surface area contributed by atoms with E-state index in [0.717, 1.165) is 10.0 Å². The van der Waals surface area contributed by atoms with Gasteiger partial charge in [0.25, 0.3) is 0 Å². The summed E-state index contributed by atoms with van der Waals surface area (Å²) in [4.78, 5) is 12.9. The first-order chi connectivity index (χ1) is 8.54.